The van der Waals surface area contributed by atoms with Gasteiger partial charge in [-0.1, -0.05) is 321 Å². The summed E-state index contributed by atoms with van der Waals surface area (Å²) >= 11 is 1.87. The Balaban J connectivity index is 1.58. The van der Waals surface area contributed by atoms with Crippen LogP contribution in [0.15, 0.2) is 48.5 Å². The molecule has 0 aliphatic rings. The van der Waals surface area contributed by atoms with E-state index in [1.807, 2.05) is 11.4 Å². The normalized spacial score (nSPS) is 11.5. The second-order valence-corrected chi connectivity index (χ2v) is 26.1. The van der Waals surface area contributed by atoms with Crippen LogP contribution in [-0.2, 0) is 22.4 Å². The molecule has 4 nitrogen and oxygen atoms in total. The van der Waals surface area contributed by atoms with Crippen molar-refractivity contribution < 1.29 is 18.6 Å². The van der Waals surface area contributed by atoms with Crippen molar-refractivity contribution in [2.75, 3.05) is 12.4 Å². The third-order valence-electron chi connectivity index (χ3n) is 15.6. The average Bonchev–Trinajstić information content (AvgIpc) is 3.42. The molecule has 75 heavy (non-hydrogen) atoms. The number of rotatable bonds is 59. The van der Waals surface area contributed by atoms with E-state index in [1.165, 1.54) is 300 Å². The molecule has 0 radical (unpaired) electrons. The zero-order valence-electron chi connectivity index (χ0n) is 50.1. The standard InChI is InChI=1S/C69H123O4PS/c1-4-7-10-13-16-19-22-27-32-37-42-47-52-65-55-59-67(60-56-65)72-74(73-68-61-57-66(58-62-68)53-48-43-38-33-28-23-20-17-14-11-8-5-2)75-64-51-46-41-36-31-26-25-29-34-39-44-49-54-69(70)71-63-50-45-40-35-30-24-21-18-15-12-9-6-3/h55-62H,4-54,63-64H2,1-3H3. The zero-order chi connectivity index (χ0) is 53.4. The van der Waals surface area contributed by atoms with E-state index in [4.69, 9.17) is 13.8 Å². The SMILES string of the molecule is CCCCCCCCCCCCCCOC(=O)CCCCCCCCCCCCCCSP(Oc1ccc(CCCCCCCCCCCCCC)cc1)Oc1ccc(CCCCCCCCCCCCCC)cc1. The van der Waals surface area contributed by atoms with Crippen LogP contribution in [0.25, 0.3) is 0 Å². The van der Waals surface area contributed by atoms with Gasteiger partial charge < -0.3 is 13.8 Å². The second-order valence-electron chi connectivity index (χ2n) is 22.9. The molecule has 0 atom stereocenters. The summed E-state index contributed by atoms with van der Waals surface area (Å²) in [6, 6.07) is 17.8. The molecule has 0 N–H and O–H groups in total. The summed E-state index contributed by atoms with van der Waals surface area (Å²) in [5.74, 6) is 2.93. The van der Waals surface area contributed by atoms with Gasteiger partial charge in [-0.2, -0.15) is 0 Å². The smallest absolute Gasteiger partial charge is 0.360 e. The highest BCUT2D eigenvalue weighted by Crippen LogP contribution is 2.52. The fraction of sp³-hybridized carbons (Fsp3) is 0.812. The van der Waals surface area contributed by atoms with Crippen molar-refractivity contribution in [3.05, 3.63) is 59.7 Å². The van der Waals surface area contributed by atoms with E-state index in [0.717, 1.165) is 49.4 Å². The first-order valence-electron chi connectivity index (χ1n) is 33.3. The van der Waals surface area contributed by atoms with Crippen molar-refractivity contribution in [2.24, 2.45) is 0 Å². The van der Waals surface area contributed by atoms with Gasteiger partial charge in [0, 0.05) is 12.2 Å². The molecule has 6 heteroatoms. The Morgan fingerprint density at radius 3 is 0.920 bits per heavy atom. The number of aryl methyl sites for hydroxylation is 2. The van der Waals surface area contributed by atoms with E-state index in [1.54, 1.807) is 0 Å². The highest BCUT2D eigenvalue weighted by Gasteiger charge is 2.17. The first-order chi connectivity index (χ1) is 37.1. The number of unbranched alkanes of at least 4 members (excludes halogenated alkanes) is 44. The van der Waals surface area contributed by atoms with Gasteiger partial charge in [0.1, 0.15) is 11.5 Å². The van der Waals surface area contributed by atoms with E-state index < -0.39 is 7.58 Å². The van der Waals surface area contributed by atoms with Gasteiger partial charge in [0.15, 0.2) is 0 Å². The minimum Gasteiger partial charge on any atom is -0.466 e. The third kappa shape index (κ3) is 46.9. The summed E-state index contributed by atoms with van der Waals surface area (Å²) in [7, 11) is -1.15. The topological polar surface area (TPSA) is 44.8 Å². The molecule has 0 fully saturated rings. The first kappa shape index (κ1) is 69.4. The summed E-state index contributed by atoms with van der Waals surface area (Å²) in [6.07, 6.45) is 67.5. The number of carbonyl (C=O) groups excluding carboxylic acids is 1. The minimum absolute atomic E-state index is 0.0141. The molecule has 0 heterocycles. The zero-order valence-corrected chi connectivity index (χ0v) is 51.8. The molecule has 0 aliphatic carbocycles. The lowest BCUT2D eigenvalue weighted by Gasteiger charge is -2.18. The van der Waals surface area contributed by atoms with Gasteiger partial charge in [-0.15, -0.1) is 0 Å². The van der Waals surface area contributed by atoms with Gasteiger partial charge in [-0.25, -0.2) is 0 Å². The molecule has 0 unspecified atom stereocenters. The van der Waals surface area contributed by atoms with Crippen LogP contribution >= 0.6 is 19.0 Å². The van der Waals surface area contributed by atoms with E-state index in [2.05, 4.69) is 69.3 Å². The van der Waals surface area contributed by atoms with Gasteiger partial charge in [-0.05, 0) is 91.7 Å². The average molecular weight is 1080 g/mol. The Hall–Kier alpha value is -1.71. The fourth-order valence-corrected chi connectivity index (χ4v) is 13.4. The minimum atomic E-state index is -1.15. The summed E-state index contributed by atoms with van der Waals surface area (Å²) in [5, 5.41) is 0. The monoisotopic (exact) mass is 1080 g/mol. The quantitative estimate of drug-likeness (QED) is 0.0375. The molecule has 2 aromatic carbocycles. The van der Waals surface area contributed by atoms with Crippen molar-refractivity contribution in [3.63, 3.8) is 0 Å². The summed E-state index contributed by atoms with van der Waals surface area (Å²) in [6.45, 7) is 7.50. The number of hydrogen-bond donors (Lipinski definition) is 0. The third-order valence-corrected chi connectivity index (χ3v) is 18.6. The Morgan fingerprint density at radius 2 is 0.600 bits per heavy atom. The van der Waals surface area contributed by atoms with Crippen LogP contribution in [0.3, 0.4) is 0 Å². The molecule has 0 bridgehead atoms. The molecule has 0 saturated heterocycles. The molecule has 0 amide bonds. The number of carbonyl (C=O) groups is 1. The Bertz CT molecular complexity index is 1380. The number of benzene rings is 2. The maximum absolute atomic E-state index is 12.2. The van der Waals surface area contributed by atoms with E-state index in [0.29, 0.717) is 13.0 Å². The molecular weight excluding hydrogens is 956 g/mol. The van der Waals surface area contributed by atoms with Gasteiger partial charge in [-0.3, -0.25) is 4.79 Å². The summed E-state index contributed by atoms with van der Waals surface area (Å²) < 4.78 is 18.8. The fourth-order valence-electron chi connectivity index (χ4n) is 10.5. The van der Waals surface area contributed by atoms with Crippen molar-refractivity contribution in [2.45, 2.75) is 348 Å². The lowest BCUT2D eigenvalue weighted by Crippen LogP contribution is -2.05. The highest BCUT2D eigenvalue weighted by molar-refractivity contribution is 8.53. The molecule has 0 spiro atoms. The van der Waals surface area contributed by atoms with Crippen LogP contribution in [0.4, 0.5) is 0 Å². The van der Waals surface area contributed by atoms with Crippen molar-refractivity contribution in [1.29, 1.82) is 0 Å². The van der Waals surface area contributed by atoms with E-state index in [-0.39, 0.29) is 5.97 Å². The molecule has 0 aliphatic heterocycles. The van der Waals surface area contributed by atoms with Gasteiger partial charge in [0.2, 0.25) is 0 Å². The van der Waals surface area contributed by atoms with Crippen LogP contribution in [0.2, 0.25) is 0 Å². The van der Waals surface area contributed by atoms with Gasteiger partial charge in [0.05, 0.1) is 6.61 Å². The van der Waals surface area contributed by atoms with Crippen LogP contribution in [0.5, 0.6) is 11.5 Å². The predicted molar refractivity (Wildman–Crippen MR) is 335 cm³/mol. The largest absolute Gasteiger partial charge is 0.466 e. The van der Waals surface area contributed by atoms with Gasteiger partial charge in [0.25, 0.3) is 0 Å². The lowest BCUT2D eigenvalue weighted by molar-refractivity contribution is -0.143. The Kier molecular flexibility index (Phi) is 51.4. The van der Waals surface area contributed by atoms with E-state index in [9.17, 15) is 4.79 Å². The first-order valence-corrected chi connectivity index (χ1v) is 36.0. The summed E-state index contributed by atoms with van der Waals surface area (Å²) in [5.41, 5.74) is 2.84. The molecule has 2 rings (SSSR count). The lowest BCUT2D eigenvalue weighted by atomic mass is 10.0. The molecule has 0 saturated carbocycles. The maximum atomic E-state index is 12.2. The van der Waals surface area contributed by atoms with Crippen molar-refractivity contribution in [1.82, 2.24) is 0 Å². The van der Waals surface area contributed by atoms with Crippen LogP contribution in [0, 0.1) is 0 Å². The number of ether oxygens (including phenoxy) is 1. The predicted octanol–water partition coefficient (Wildman–Crippen LogP) is 24.9. The maximum Gasteiger partial charge on any atom is 0.360 e. The molecule has 434 valence electrons. The summed E-state index contributed by atoms with van der Waals surface area (Å²) in [4.78, 5) is 12.2. The Labute approximate surface area is 472 Å². The van der Waals surface area contributed by atoms with Crippen LogP contribution in [0.1, 0.15) is 347 Å². The molecule has 2 aromatic rings. The second kappa shape index (κ2) is 55.6. The van der Waals surface area contributed by atoms with Crippen molar-refractivity contribution >= 4 is 24.9 Å². The van der Waals surface area contributed by atoms with Crippen molar-refractivity contribution in [3.8, 4) is 11.5 Å². The number of esters is 1. The Morgan fingerprint density at radius 1 is 0.333 bits per heavy atom. The van der Waals surface area contributed by atoms with E-state index >= 15 is 0 Å². The van der Waals surface area contributed by atoms with Crippen LogP contribution < -0.4 is 9.05 Å². The van der Waals surface area contributed by atoms with Gasteiger partial charge >= 0.3 is 13.5 Å². The molecular formula is C69H123O4PS. The highest BCUT2D eigenvalue weighted by atomic mass is 32.7. The van der Waals surface area contributed by atoms with Crippen LogP contribution in [-0.4, -0.2) is 18.3 Å². The molecule has 0 aromatic heterocycles. The number of hydrogen-bond acceptors (Lipinski definition) is 5.